The molecule has 2 aliphatic heterocycles. The molecule has 5 rings (SSSR count). The average molecular weight is 655 g/mol. The van der Waals surface area contributed by atoms with Crippen molar-refractivity contribution in [2.75, 3.05) is 59.0 Å². The molecule has 2 saturated heterocycles. The van der Waals surface area contributed by atoms with Gasteiger partial charge in [0.1, 0.15) is 17.0 Å². The highest BCUT2D eigenvalue weighted by Crippen LogP contribution is 2.32. The van der Waals surface area contributed by atoms with Crippen LogP contribution in [0.4, 0.5) is 0 Å². The summed E-state index contributed by atoms with van der Waals surface area (Å²) in [4.78, 5) is 31.5. The number of aromatic amines is 1. The van der Waals surface area contributed by atoms with Crippen molar-refractivity contribution < 1.29 is 24.5 Å². The number of likely N-dealkylation sites (tertiary alicyclic amines) is 1. The van der Waals surface area contributed by atoms with Crippen LogP contribution in [0.2, 0.25) is 0 Å². The van der Waals surface area contributed by atoms with E-state index >= 15 is 0 Å². The molecular formula is C35H50N4O6S. The van der Waals surface area contributed by atoms with Crippen LogP contribution in [0.1, 0.15) is 75.9 Å². The standard InChI is InChI=1S/C35H50N4O6S/c40-29-14-13-28(33-32(29)37-34(43)46-33)30(41)25-36-18-9-4-2-1-3-5-10-19-38-20-16-35(17-21-38)26-39(22-24-45-35)31(42)15-23-44-27-11-7-6-8-12-27/h6-8,11-14,30,36,40-41H,1-5,9-10,15-26H2,(H,37,43)/t30-/m0/s1. The van der Waals surface area contributed by atoms with Gasteiger partial charge in [-0.25, -0.2) is 0 Å². The molecule has 4 N–H and O–H groups in total. The molecule has 1 spiro atoms. The van der Waals surface area contributed by atoms with E-state index in [0.717, 1.165) is 62.5 Å². The number of piperidine rings is 1. The molecule has 3 heterocycles. The second kappa shape index (κ2) is 17.3. The van der Waals surface area contributed by atoms with E-state index < -0.39 is 6.10 Å². The number of H-pyrrole nitrogens is 1. The fourth-order valence-electron chi connectivity index (χ4n) is 6.60. The fraction of sp³-hybridized carbons (Fsp3) is 0.600. The average Bonchev–Trinajstić information content (AvgIpc) is 3.47. The highest BCUT2D eigenvalue weighted by atomic mass is 32.1. The van der Waals surface area contributed by atoms with Crippen molar-refractivity contribution in [1.29, 1.82) is 0 Å². The lowest BCUT2D eigenvalue weighted by Crippen LogP contribution is -2.58. The Kier molecular flexibility index (Phi) is 12.9. The van der Waals surface area contributed by atoms with Crippen LogP contribution in [0.3, 0.4) is 0 Å². The summed E-state index contributed by atoms with van der Waals surface area (Å²) in [6.45, 7) is 6.83. The smallest absolute Gasteiger partial charge is 0.305 e. The number of aromatic nitrogens is 1. The number of nitrogens with one attached hydrogen (secondary N) is 2. The number of carbonyl (C=O) groups excluding carboxylic acids is 1. The van der Waals surface area contributed by atoms with Crippen LogP contribution in [-0.2, 0) is 9.53 Å². The number of amides is 1. The largest absolute Gasteiger partial charge is 0.506 e. The Morgan fingerprint density at radius 2 is 1.76 bits per heavy atom. The number of ether oxygens (including phenoxy) is 2. The number of morpholine rings is 1. The maximum Gasteiger partial charge on any atom is 0.305 e. The van der Waals surface area contributed by atoms with E-state index in [0.29, 0.717) is 55.0 Å². The molecule has 46 heavy (non-hydrogen) atoms. The van der Waals surface area contributed by atoms with E-state index in [1.54, 1.807) is 6.07 Å². The van der Waals surface area contributed by atoms with Gasteiger partial charge in [-0.15, -0.1) is 0 Å². The molecule has 0 radical (unpaired) electrons. The third-order valence-electron chi connectivity index (χ3n) is 9.31. The van der Waals surface area contributed by atoms with Gasteiger partial charge in [0, 0.05) is 38.3 Å². The molecule has 1 amide bonds. The first-order valence-corrected chi connectivity index (χ1v) is 17.8. The molecule has 2 fully saturated rings. The second-order valence-corrected chi connectivity index (χ2v) is 13.7. The van der Waals surface area contributed by atoms with Crippen molar-refractivity contribution in [2.45, 2.75) is 75.9 Å². The lowest BCUT2D eigenvalue weighted by Gasteiger charge is -2.47. The Labute approximate surface area is 275 Å². The van der Waals surface area contributed by atoms with Crippen LogP contribution in [0.15, 0.2) is 47.3 Å². The third-order valence-corrected chi connectivity index (χ3v) is 10.2. The van der Waals surface area contributed by atoms with E-state index in [2.05, 4.69) is 15.2 Å². The van der Waals surface area contributed by atoms with Gasteiger partial charge < -0.3 is 39.8 Å². The minimum absolute atomic E-state index is 0.0239. The molecule has 0 saturated carbocycles. The molecular weight excluding hydrogens is 604 g/mol. The number of rotatable bonds is 17. The zero-order valence-electron chi connectivity index (χ0n) is 26.9. The Morgan fingerprint density at radius 3 is 2.54 bits per heavy atom. The van der Waals surface area contributed by atoms with Gasteiger partial charge in [0.15, 0.2) is 0 Å². The van der Waals surface area contributed by atoms with Crippen LogP contribution in [0.5, 0.6) is 11.5 Å². The predicted molar refractivity (Wildman–Crippen MR) is 182 cm³/mol. The minimum Gasteiger partial charge on any atom is -0.506 e. The zero-order valence-corrected chi connectivity index (χ0v) is 27.7. The Balaban J connectivity index is 0.866. The van der Waals surface area contributed by atoms with Crippen LogP contribution in [0, 0.1) is 0 Å². The third kappa shape index (κ3) is 9.78. The Hall–Kier alpha value is -2.96. The van der Waals surface area contributed by atoms with Crippen LogP contribution < -0.4 is 14.9 Å². The van der Waals surface area contributed by atoms with Crippen molar-refractivity contribution in [3.8, 4) is 11.5 Å². The molecule has 3 aromatic rings. The zero-order chi connectivity index (χ0) is 32.2. The summed E-state index contributed by atoms with van der Waals surface area (Å²) in [5, 5.41) is 23.9. The summed E-state index contributed by atoms with van der Waals surface area (Å²) in [5.41, 5.74) is 0.864. The first-order valence-electron chi connectivity index (χ1n) is 17.0. The number of carbonyl (C=O) groups is 1. The summed E-state index contributed by atoms with van der Waals surface area (Å²) in [6, 6.07) is 12.8. The van der Waals surface area contributed by atoms with Gasteiger partial charge in [0.2, 0.25) is 5.91 Å². The van der Waals surface area contributed by atoms with Crippen molar-refractivity contribution in [1.82, 2.24) is 20.1 Å². The molecule has 2 aliphatic rings. The van der Waals surface area contributed by atoms with E-state index in [4.69, 9.17) is 9.47 Å². The molecule has 2 aromatic carbocycles. The molecule has 0 bridgehead atoms. The number of aliphatic hydroxyl groups is 1. The number of phenolic OH excluding ortho intramolecular Hbond substituents is 1. The topological polar surface area (TPSA) is 127 Å². The number of hydrogen-bond donors (Lipinski definition) is 4. The predicted octanol–water partition coefficient (Wildman–Crippen LogP) is 4.81. The van der Waals surface area contributed by atoms with Gasteiger partial charge in [-0.3, -0.25) is 9.59 Å². The number of hydrogen-bond acceptors (Lipinski definition) is 9. The van der Waals surface area contributed by atoms with Gasteiger partial charge in [-0.2, -0.15) is 0 Å². The number of aromatic hydroxyl groups is 1. The quantitative estimate of drug-likeness (QED) is 0.153. The van der Waals surface area contributed by atoms with Gasteiger partial charge in [0.25, 0.3) is 0 Å². The van der Waals surface area contributed by atoms with Gasteiger partial charge >= 0.3 is 4.87 Å². The number of nitrogens with zero attached hydrogens (tertiary/aromatic N) is 2. The first-order chi connectivity index (χ1) is 22.4. The maximum atomic E-state index is 12.9. The van der Waals surface area contributed by atoms with Crippen molar-refractivity contribution in [3.05, 3.63) is 57.7 Å². The number of phenols is 1. The van der Waals surface area contributed by atoms with E-state index in [9.17, 15) is 19.8 Å². The molecule has 0 aliphatic carbocycles. The second-order valence-electron chi connectivity index (χ2n) is 12.7. The van der Waals surface area contributed by atoms with E-state index in [1.165, 1.54) is 44.6 Å². The summed E-state index contributed by atoms with van der Waals surface area (Å²) >= 11 is 1.01. The van der Waals surface area contributed by atoms with Crippen LogP contribution >= 0.6 is 11.3 Å². The number of para-hydroxylation sites is 1. The molecule has 1 atom stereocenters. The highest BCUT2D eigenvalue weighted by Gasteiger charge is 2.40. The first kappa shape index (κ1) is 34.4. The maximum absolute atomic E-state index is 12.9. The summed E-state index contributed by atoms with van der Waals surface area (Å²) in [5.74, 6) is 0.977. The van der Waals surface area contributed by atoms with Crippen molar-refractivity contribution in [2.24, 2.45) is 0 Å². The van der Waals surface area contributed by atoms with Crippen LogP contribution in [0.25, 0.3) is 10.2 Å². The number of thiazole rings is 1. The monoisotopic (exact) mass is 654 g/mol. The Bertz CT molecular complexity index is 1420. The number of fused-ring (bicyclic) bond motifs is 1. The van der Waals surface area contributed by atoms with E-state index in [-0.39, 0.29) is 22.1 Å². The van der Waals surface area contributed by atoms with Crippen molar-refractivity contribution >= 4 is 27.5 Å². The molecule has 10 nitrogen and oxygen atoms in total. The number of aliphatic hydroxyl groups excluding tert-OH is 1. The van der Waals surface area contributed by atoms with Gasteiger partial charge in [-0.05, 0) is 57.0 Å². The molecule has 11 heteroatoms. The SMILES string of the molecule is O=C(CCOc1ccccc1)N1CCOC2(CCN(CCCCCCCCCNC[C@H](O)c3ccc(O)c4[nH]c(=O)sc34)CC2)C1. The number of benzene rings is 2. The number of unbranched alkanes of at least 4 members (excludes halogenated alkanes) is 6. The van der Waals surface area contributed by atoms with Gasteiger partial charge in [-0.1, -0.05) is 67.7 Å². The van der Waals surface area contributed by atoms with Crippen LogP contribution in [-0.4, -0.2) is 95.5 Å². The normalized spacial score (nSPS) is 17.5. The Morgan fingerprint density at radius 1 is 1.02 bits per heavy atom. The summed E-state index contributed by atoms with van der Waals surface area (Å²) in [7, 11) is 0. The lowest BCUT2D eigenvalue weighted by molar-refractivity contribution is -0.159. The fourth-order valence-corrected chi connectivity index (χ4v) is 7.51. The highest BCUT2D eigenvalue weighted by molar-refractivity contribution is 7.16. The minimum atomic E-state index is -0.732. The summed E-state index contributed by atoms with van der Waals surface area (Å²) in [6.07, 6.45) is 10.1. The van der Waals surface area contributed by atoms with Crippen molar-refractivity contribution in [3.63, 3.8) is 0 Å². The summed E-state index contributed by atoms with van der Waals surface area (Å²) < 4.78 is 12.6. The lowest BCUT2D eigenvalue weighted by atomic mass is 9.89. The van der Waals surface area contributed by atoms with E-state index in [1.807, 2.05) is 35.2 Å². The molecule has 1 aromatic heterocycles. The molecule has 0 unspecified atom stereocenters. The van der Waals surface area contributed by atoms with Gasteiger partial charge in [0.05, 0.1) is 36.0 Å². The molecule has 252 valence electrons.